The van der Waals surface area contributed by atoms with Gasteiger partial charge in [0.05, 0.1) is 19.6 Å². The summed E-state index contributed by atoms with van der Waals surface area (Å²) in [6.45, 7) is 3.54. The predicted molar refractivity (Wildman–Crippen MR) is 206 cm³/mol. The van der Waals surface area contributed by atoms with Gasteiger partial charge in [0.2, 0.25) is 0 Å². The second-order valence-electron chi connectivity index (χ2n) is 11.7. The Morgan fingerprint density at radius 3 is 1.19 bits per heavy atom. The average molecular weight is 841 g/mol. The average Bonchev–Trinajstić information content (AvgIpc) is 3.15. The van der Waals surface area contributed by atoms with Crippen LogP contribution in [0.15, 0.2) is 127 Å². The maximum atomic E-state index is 11.5. The van der Waals surface area contributed by atoms with Gasteiger partial charge in [0, 0.05) is 32.7 Å². The van der Waals surface area contributed by atoms with Crippen molar-refractivity contribution in [2.45, 2.75) is 36.5 Å². The number of nitro groups is 2. The van der Waals surface area contributed by atoms with E-state index in [4.69, 9.17) is 0 Å². The first-order valence-corrected chi connectivity index (χ1v) is 19.1. The van der Waals surface area contributed by atoms with Crippen LogP contribution in [0.5, 0.6) is 11.5 Å². The molecule has 0 atom stereocenters. The molecule has 2 N–H and O–H groups in total. The van der Waals surface area contributed by atoms with Crippen LogP contribution in [0, 0.1) is 20.2 Å². The van der Waals surface area contributed by atoms with E-state index in [0.717, 1.165) is 12.1 Å². The Morgan fingerprint density at radius 1 is 0.526 bits per heavy atom. The molecule has 0 bridgehead atoms. The molecule has 0 saturated carbocycles. The van der Waals surface area contributed by atoms with E-state index in [9.17, 15) is 56.4 Å². The molecule has 0 radical (unpaired) electrons. The number of rotatable bonds is 10. The fourth-order valence-electron chi connectivity index (χ4n) is 5.77. The zero-order chi connectivity index (χ0) is 40.9. The normalized spacial score (nSPS) is 11.7. The van der Waals surface area contributed by atoms with Crippen molar-refractivity contribution in [3.8, 4) is 11.5 Å². The van der Waals surface area contributed by atoms with Crippen molar-refractivity contribution in [2.75, 3.05) is 0 Å². The minimum Gasteiger partial charge on any atom is -0.744 e. The third kappa shape index (κ3) is 9.74. The summed E-state index contributed by atoms with van der Waals surface area (Å²) < 4.78 is 68.8. The summed E-state index contributed by atoms with van der Waals surface area (Å²) in [7, 11) is -9.49. The van der Waals surface area contributed by atoms with Gasteiger partial charge in [-0.3, -0.25) is 20.2 Å². The molecule has 57 heavy (non-hydrogen) atoms. The van der Waals surface area contributed by atoms with E-state index in [2.05, 4.69) is 20.5 Å². The monoisotopic (exact) mass is 840 g/mol. The van der Waals surface area contributed by atoms with Crippen molar-refractivity contribution in [3.05, 3.63) is 128 Å². The van der Waals surface area contributed by atoms with Crippen LogP contribution in [-0.2, 0) is 33.1 Å². The van der Waals surface area contributed by atoms with Gasteiger partial charge in [0.15, 0.2) is 11.4 Å². The molecule has 0 aliphatic heterocycles. The van der Waals surface area contributed by atoms with Crippen molar-refractivity contribution < 1.29 is 46.0 Å². The molecule has 0 fully saturated rings. The van der Waals surface area contributed by atoms with E-state index in [1.807, 2.05) is 0 Å². The Kier molecular flexibility index (Phi) is 14.1. The number of benzene rings is 6. The Morgan fingerprint density at radius 2 is 0.877 bits per heavy atom. The second-order valence-corrected chi connectivity index (χ2v) is 14.4. The molecule has 288 valence electrons. The number of hydrogen-bond acceptors (Lipinski definition) is 16. The molecule has 0 aliphatic carbocycles. The van der Waals surface area contributed by atoms with E-state index < -0.39 is 39.9 Å². The summed E-state index contributed by atoms with van der Waals surface area (Å²) in [6, 6.07) is 22.1. The van der Waals surface area contributed by atoms with Crippen molar-refractivity contribution in [1.82, 2.24) is 0 Å². The van der Waals surface area contributed by atoms with Crippen molar-refractivity contribution >= 4 is 114 Å². The van der Waals surface area contributed by atoms with Crippen LogP contribution in [0.3, 0.4) is 0 Å². The molecule has 18 nitrogen and oxygen atoms in total. The smallest absolute Gasteiger partial charge is 0.744 e. The Labute approximate surface area is 354 Å². The SMILES string of the molecule is CCc1cccc(N=Nc2c(O)ccc3c(S(=O)(=O)[O-])cccc23)c1[N+](=O)[O-].CCc1cccc(N=Nc2c(O)ccc3c(S(=O)(=O)[O-])cccc23)c1[N+](=O)[O-].[Ca+2]. The van der Waals surface area contributed by atoms with E-state index >= 15 is 0 Å². The molecule has 6 aromatic rings. The number of nitrogens with zero attached hydrogens (tertiary/aromatic N) is 6. The number of fused-ring (bicyclic) bond motifs is 2. The van der Waals surface area contributed by atoms with Gasteiger partial charge in [-0.1, -0.05) is 62.4 Å². The van der Waals surface area contributed by atoms with Crippen molar-refractivity contribution in [1.29, 1.82) is 0 Å². The van der Waals surface area contributed by atoms with Crippen LogP contribution in [0.4, 0.5) is 34.1 Å². The molecule has 0 heterocycles. The zero-order valence-corrected chi connectivity index (χ0v) is 33.7. The van der Waals surface area contributed by atoms with Crippen LogP contribution in [0.1, 0.15) is 25.0 Å². The molecule has 0 saturated heterocycles. The molecule has 0 unspecified atom stereocenters. The third-order valence-corrected chi connectivity index (χ3v) is 10.1. The van der Waals surface area contributed by atoms with Crippen LogP contribution < -0.4 is 0 Å². The van der Waals surface area contributed by atoms with Crippen LogP contribution in [-0.4, -0.2) is 83.7 Å². The summed E-state index contributed by atoms with van der Waals surface area (Å²) in [6.07, 6.45) is 0.841. The summed E-state index contributed by atoms with van der Waals surface area (Å²) in [5.74, 6) is -0.628. The standard InChI is InChI=1S/2C18H15N3O6S.Ca/c2*1-2-11-5-3-7-14(18(11)21(23)24)19-20-17-13-6-4-8-16(28(25,26)27)12(13)9-10-15(17)22;/h2*3-10,22H,2H2,1H3,(H,25,26,27);/q;;+2/p-2. The quantitative estimate of drug-likeness (QED) is 0.0433. The van der Waals surface area contributed by atoms with Gasteiger partial charge in [-0.25, -0.2) is 16.8 Å². The zero-order valence-electron chi connectivity index (χ0n) is 29.8. The molecule has 6 aromatic carbocycles. The van der Waals surface area contributed by atoms with Crippen LogP contribution >= 0.6 is 0 Å². The summed E-state index contributed by atoms with van der Waals surface area (Å²) in [5.41, 5.74) is 0.347. The number of hydrogen-bond donors (Lipinski definition) is 2. The van der Waals surface area contributed by atoms with E-state index in [-0.39, 0.29) is 105 Å². The van der Waals surface area contributed by atoms with E-state index in [0.29, 0.717) is 24.0 Å². The number of aromatic hydroxyl groups is 2. The van der Waals surface area contributed by atoms with Gasteiger partial charge in [-0.05, 0) is 61.4 Å². The molecule has 0 aliphatic rings. The van der Waals surface area contributed by atoms with Gasteiger partial charge in [0.1, 0.15) is 43.1 Å². The number of aryl methyl sites for hydroxylation is 2. The Balaban J connectivity index is 0.000000248. The molecular weight excluding hydrogens is 813 g/mol. The summed E-state index contributed by atoms with van der Waals surface area (Å²) in [4.78, 5) is 20.8. The number of phenols is 2. The largest absolute Gasteiger partial charge is 2.00 e. The van der Waals surface area contributed by atoms with E-state index in [1.54, 1.807) is 38.1 Å². The van der Waals surface area contributed by atoms with Gasteiger partial charge >= 0.3 is 37.7 Å². The molecule has 0 spiro atoms. The van der Waals surface area contributed by atoms with E-state index in [1.165, 1.54) is 60.7 Å². The maximum absolute atomic E-state index is 11.5. The first-order valence-electron chi connectivity index (χ1n) is 16.2. The number of phenolic OH excluding ortho intramolecular Hbond substituents is 2. The molecule has 0 amide bonds. The van der Waals surface area contributed by atoms with Gasteiger partial charge in [-0.2, -0.15) is 0 Å². The second kappa shape index (κ2) is 18.2. The van der Waals surface area contributed by atoms with Gasteiger partial charge in [-0.15, -0.1) is 20.5 Å². The van der Waals surface area contributed by atoms with Gasteiger partial charge < -0.3 is 19.3 Å². The minimum atomic E-state index is -4.75. The molecule has 0 aromatic heterocycles. The fourth-order valence-corrected chi connectivity index (χ4v) is 7.15. The van der Waals surface area contributed by atoms with Crippen molar-refractivity contribution in [2.24, 2.45) is 20.5 Å². The topological polar surface area (TPSA) is 291 Å². The minimum absolute atomic E-state index is 0. The summed E-state index contributed by atoms with van der Waals surface area (Å²) >= 11 is 0. The predicted octanol–water partition coefficient (Wildman–Crippen LogP) is 8.29. The summed E-state index contributed by atoms with van der Waals surface area (Å²) in [5, 5.41) is 59.2. The number of azo groups is 2. The Bertz CT molecular complexity index is 2640. The number of para-hydroxylation sites is 2. The van der Waals surface area contributed by atoms with Crippen molar-refractivity contribution in [3.63, 3.8) is 0 Å². The Hall–Kier alpha value is -5.48. The van der Waals surface area contributed by atoms with Gasteiger partial charge in [0.25, 0.3) is 11.4 Å². The number of nitro benzene ring substituents is 2. The van der Waals surface area contributed by atoms with Crippen LogP contribution in [0.2, 0.25) is 0 Å². The maximum Gasteiger partial charge on any atom is 2.00 e. The molecule has 21 heteroatoms. The third-order valence-electron chi connectivity index (χ3n) is 8.32. The van der Waals surface area contributed by atoms with Crippen LogP contribution in [0.25, 0.3) is 21.5 Å². The molecular formula is C36H28CaN6O12S2. The first kappa shape index (κ1) is 44.2. The fraction of sp³-hybridized carbons (Fsp3) is 0.111. The first-order chi connectivity index (χ1) is 26.5. The molecule has 6 rings (SSSR count).